The number of carbonyl (C=O) groups is 6. The molecule has 4 aromatic heterocycles. The summed E-state index contributed by atoms with van der Waals surface area (Å²) in [6, 6.07) is 94.7. The zero-order chi connectivity index (χ0) is 102. The van der Waals surface area contributed by atoms with E-state index in [1.807, 2.05) is 207 Å². The van der Waals surface area contributed by atoms with Gasteiger partial charge < -0.3 is 54.2 Å². The number of anilines is 2. The van der Waals surface area contributed by atoms with Gasteiger partial charge >= 0.3 is 5.97 Å². The highest BCUT2D eigenvalue weighted by Gasteiger charge is 2.31. The number of hydrogen-bond donors (Lipinski definition) is 7. The summed E-state index contributed by atoms with van der Waals surface area (Å²) in [6.07, 6.45) is 8.33. The van der Waals surface area contributed by atoms with Crippen LogP contribution in [0.3, 0.4) is 0 Å². The topological polar surface area (TPSA) is 346 Å². The first kappa shape index (κ1) is 103. The molecular formula is C117H112FN11O14S2. The molecular weight excluding hydrogens is 1870 g/mol. The lowest BCUT2D eigenvalue weighted by molar-refractivity contribution is -0.118. The van der Waals surface area contributed by atoms with Gasteiger partial charge in [-0.25, -0.2) is 14.2 Å². The summed E-state index contributed by atoms with van der Waals surface area (Å²) in [5.74, 6) is 3.31. The molecule has 19 rings (SSSR count). The van der Waals surface area contributed by atoms with E-state index in [2.05, 4.69) is 81.3 Å². The number of Topliss-reactive ketones (excluding diaryl/α,β-unsaturated/α-hetero) is 3. The van der Waals surface area contributed by atoms with Crippen molar-refractivity contribution >= 4 is 102 Å². The number of aromatic amines is 5. The first-order valence-electron chi connectivity index (χ1n) is 48.0. The van der Waals surface area contributed by atoms with E-state index in [1.165, 1.54) is 34.6 Å². The summed E-state index contributed by atoms with van der Waals surface area (Å²) in [7, 11) is 3.15. The minimum absolute atomic E-state index is 0.0520. The van der Waals surface area contributed by atoms with Crippen LogP contribution in [-0.2, 0) is 65.2 Å². The first-order valence-corrected chi connectivity index (χ1v) is 49.8. The van der Waals surface area contributed by atoms with Crippen molar-refractivity contribution in [2.24, 2.45) is 4.99 Å². The number of esters is 1. The Labute approximate surface area is 847 Å². The molecule has 7 N–H and O–H groups in total. The van der Waals surface area contributed by atoms with Crippen LogP contribution < -0.4 is 45.4 Å². The number of halogens is 1. The Hall–Kier alpha value is -16.5. The molecule has 28 heteroatoms. The molecule has 0 saturated heterocycles. The molecule has 0 spiro atoms. The predicted octanol–water partition coefficient (Wildman–Crippen LogP) is 23.5. The molecule has 145 heavy (non-hydrogen) atoms. The molecule has 5 heterocycles. The third-order valence-corrected chi connectivity index (χ3v) is 26.6. The van der Waals surface area contributed by atoms with Gasteiger partial charge in [0.1, 0.15) is 35.5 Å². The standard InChI is InChI=1S/C26H27FO2.C25H24O3.C24H20N2O4.C23H24N4O4.C19H17N5OS2/c1-2-20-12-17-24(18-13-20)29-19-5-8-26(28)25-7-4-3-6-22(25)14-9-21-10-15-23(27)16-11-21;1-16-11-13-18(14-12-16)24(26)17(2)28-25(27)23-21-9-5-3-7-19(21)15-20-8-4-6-10-22(20)23;1-29-18-10-12-19(13-11-18)30-15-24(28)25-17-8-6-16(7-9-17)22-14-23(27)20-4-2-3-5-21(20)26-22;1-13-19(22(28)26-24-13)21(20-14(2)25-27-23(20)29)16-9-10-17(18(11-16)30-3)31-12-15-7-5-4-6-8-15;25-17(11-10-13-6-2-1-3-7-13)22-18-23-24-19(27-18)26-12-16-20-14-8-4-5-9-15(14)21-16/h3-4,6-7,10-13,15-18H,2,5,8-9,14,19H2,1H3;3,5,7,9,11-15,17H,4,6,8,10H2,1-2H3;2-13H,14-15H2,1H3,(H,25,28);4-11,21H,12H2,1-3H3,(H2,24,26,28)(H2,25,27,29);1-9H,10-12H2,(H,20,21)(H,22,23,25). The van der Waals surface area contributed by atoms with Crippen LogP contribution in [0.2, 0.25) is 0 Å². The van der Waals surface area contributed by atoms with Gasteiger partial charge in [0.25, 0.3) is 17.0 Å². The number of methoxy groups -OCH3 is 2. The Balaban J connectivity index is 0.000000136. The summed E-state index contributed by atoms with van der Waals surface area (Å²) in [6.45, 7) is 10.2. The summed E-state index contributed by atoms with van der Waals surface area (Å²) < 4.78 is 47.4. The smallest absolute Gasteiger partial charge is 0.339 e. The fourth-order valence-electron chi connectivity index (χ4n) is 16.9. The van der Waals surface area contributed by atoms with Gasteiger partial charge in [0.15, 0.2) is 40.1 Å². The lowest BCUT2D eigenvalue weighted by Gasteiger charge is -2.22. The maximum absolute atomic E-state index is 13.2. The van der Waals surface area contributed by atoms with E-state index in [0.29, 0.717) is 118 Å². The molecule has 0 saturated carbocycles. The van der Waals surface area contributed by atoms with E-state index in [9.17, 15) is 42.7 Å². The van der Waals surface area contributed by atoms with Crippen molar-refractivity contribution in [1.82, 2.24) is 40.6 Å². The number of benzene rings is 13. The number of carbonyl (C=O) groups excluding carboxylic acids is 6. The van der Waals surface area contributed by atoms with Crippen LogP contribution in [0.25, 0.3) is 21.8 Å². The third-order valence-electron chi connectivity index (χ3n) is 24.6. The number of thioether (sulfide) groups is 1. The van der Waals surface area contributed by atoms with E-state index in [-0.39, 0.29) is 59.1 Å². The van der Waals surface area contributed by atoms with Crippen molar-refractivity contribution in [2.75, 3.05) is 38.1 Å². The van der Waals surface area contributed by atoms with Gasteiger partial charge in [0, 0.05) is 52.5 Å². The average Bonchev–Trinajstić information content (AvgIpc) is 1.42. The van der Waals surface area contributed by atoms with Gasteiger partial charge in [-0.3, -0.25) is 48.8 Å². The van der Waals surface area contributed by atoms with Gasteiger partial charge in [-0.1, -0.05) is 242 Å². The number of aliphatic imine (C=N–C) groups is 1. The number of nitrogens with zero attached hydrogens (tertiary/aromatic N) is 4. The number of imidazole rings is 1. The molecule has 738 valence electrons. The summed E-state index contributed by atoms with van der Waals surface area (Å²) in [5, 5.41) is 27.2. The predicted molar refractivity (Wildman–Crippen MR) is 567 cm³/mol. The van der Waals surface area contributed by atoms with Gasteiger partial charge in [0.05, 0.1) is 72.1 Å². The first-order chi connectivity index (χ1) is 70.6. The number of hydrogen-bond acceptors (Lipinski definition) is 20. The second-order valence-corrected chi connectivity index (χ2v) is 37.0. The molecule has 17 aromatic rings. The van der Waals surface area contributed by atoms with E-state index in [1.54, 1.807) is 120 Å². The number of ketones is 3. The normalized spacial score (nSPS) is 11.9. The van der Waals surface area contributed by atoms with Crippen LogP contribution in [0.5, 0.6) is 28.7 Å². The molecule has 13 aromatic carbocycles. The Morgan fingerprint density at radius 3 is 1.90 bits per heavy atom. The number of nitrogens with one attached hydrogen (secondary N) is 7. The van der Waals surface area contributed by atoms with Crippen molar-refractivity contribution < 1.29 is 61.6 Å². The second-order valence-electron chi connectivity index (χ2n) is 34.8. The fourth-order valence-corrected chi connectivity index (χ4v) is 18.6. The van der Waals surface area contributed by atoms with Gasteiger partial charge in [-0.15, -0.1) is 10.2 Å². The van der Waals surface area contributed by atoms with Gasteiger partial charge in [-0.05, 0) is 243 Å². The number of amides is 2. The number of rotatable bonds is 34. The average molecular weight is 1980 g/mol. The van der Waals surface area contributed by atoms with Crippen molar-refractivity contribution in [3.05, 3.63) is 436 Å². The van der Waals surface area contributed by atoms with Crippen molar-refractivity contribution in [3.63, 3.8) is 0 Å². The number of aryl methyl sites for hydroxylation is 8. The van der Waals surface area contributed by atoms with Crippen LogP contribution in [0.1, 0.15) is 184 Å². The molecule has 25 nitrogen and oxygen atoms in total. The molecule has 1 aliphatic carbocycles. The molecule has 0 bridgehead atoms. The van der Waals surface area contributed by atoms with E-state index < -0.39 is 18.0 Å². The molecule has 2 aliphatic rings. The van der Waals surface area contributed by atoms with Crippen molar-refractivity contribution in [1.29, 1.82) is 0 Å². The number of fused-ring (bicyclic) bond motifs is 4. The molecule has 0 fully saturated rings. The van der Waals surface area contributed by atoms with Crippen LogP contribution >= 0.6 is 23.1 Å². The Morgan fingerprint density at radius 1 is 0.559 bits per heavy atom. The lowest BCUT2D eigenvalue weighted by Crippen LogP contribution is -2.25. The minimum Gasteiger partial charge on any atom is -0.497 e. The SMILES string of the molecule is CCc1ccc(OCCCC(=O)c2ccccc2CCc2ccc(F)cc2)cc1.COc1cc(C(c2c(C)[nH][nH]c2=O)c2c(C)[nH][nH]c2=O)ccc1OCc1ccccc1.COc1ccc(OCC(=O)Nc2ccc(C3=Nc4ccccc4C(=O)C3)cc2)cc1.Cc1ccc(C(=O)C(C)OC(=O)c2c3c(cc4ccccc24)CCCC3)cc1.O=C(CCc1ccccc1)Nc1nnc(SCc2nc3ccccc3[nH]2)s1. The third kappa shape index (κ3) is 28.3. The fraction of sp³-hybridized carbons (Fsp3) is 0.214. The Kier molecular flexibility index (Phi) is 36.0. The second kappa shape index (κ2) is 50.8. The van der Waals surface area contributed by atoms with Gasteiger partial charge in [0.2, 0.25) is 16.8 Å². The summed E-state index contributed by atoms with van der Waals surface area (Å²) in [4.78, 5) is 113. The highest BCUT2D eigenvalue weighted by Crippen LogP contribution is 2.39. The largest absolute Gasteiger partial charge is 0.497 e. The maximum Gasteiger partial charge on any atom is 0.339 e. The maximum atomic E-state index is 13.2. The zero-order valence-corrected chi connectivity index (χ0v) is 83.2. The highest BCUT2D eigenvalue weighted by atomic mass is 32.2. The molecule has 0 radical (unpaired) electrons. The summed E-state index contributed by atoms with van der Waals surface area (Å²) >= 11 is 2.92. The zero-order valence-electron chi connectivity index (χ0n) is 81.5. The number of H-pyrrole nitrogens is 5. The van der Waals surface area contributed by atoms with E-state index in [0.717, 1.165) is 144 Å². The summed E-state index contributed by atoms with van der Waals surface area (Å²) in [5.41, 5.74) is 19.0. The lowest BCUT2D eigenvalue weighted by atomic mass is 9.85. The molecule has 1 aliphatic heterocycles. The van der Waals surface area contributed by atoms with Gasteiger partial charge in [-0.2, -0.15) is 0 Å². The van der Waals surface area contributed by atoms with Crippen LogP contribution in [0.4, 0.5) is 20.9 Å². The number of aromatic nitrogens is 8. The molecule has 1 atom stereocenters. The Morgan fingerprint density at radius 2 is 1.20 bits per heavy atom. The van der Waals surface area contributed by atoms with Crippen molar-refractivity contribution in [2.45, 2.75) is 140 Å². The quantitative estimate of drug-likeness (QED) is 0.00647. The Bertz CT molecular complexity index is 7380. The van der Waals surface area contributed by atoms with E-state index in [4.69, 9.17) is 28.4 Å². The van der Waals surface area contributed by atoms with Crippen LogP contribution in [-0.4, -0.2) is 115 Å². The van der Waals surface area contributed by atoms with Crippen molar-refractivity contribution in [3.8, 4) is 28.7 Å². The minimum atomic E-state index is -0.826. The highest BCUT2D eigenvalue weighted by molar-refractivity contribution is 8.00. The van der Waals surface area contributed by atoms with Crippen LogP contribution in [0, 0.1) is 26.6 Å². The molecule has 2 amide bonds. The van der Waals surface area contributed by atoms with E-state index >= 15 is 0 Å². The number of ether oxygens (including phenoxy) is 6. The molecule has 1 unspecified atom stereocenters. The monoisotopic (exact) mass is 1980 g/mol. The van der Waals surface area contributed by atoms with Crippen LogP contribution in [0.15, 0.2) is 322 Å². The number of para-hydroxylation sites is 3.